The van der Waals surface area contributed by atoms with E-state index in [4.69, 9.17) is 9.47 Å². The van der Waals surface area contributed by atoms with Crippen molar-refractivity contribution in [2.24, 2.45) is 0 Å². The summed E-state index contributed by atoms with van der Waals surface area (Å²) < 4.78 is 64.5. The lowest BCUT2D eigenvalue weighted by molar-refractivity contribution is 0.0322. The van der Waals surface area contributed by atoms with Crippen LogP contribution in [0.5, 0.6) is 5.75 Å². The smallest absolute Gasteiger partial charge is 0.253 e. The molecule has 2 aromatic rings. The van der Waals surface area contributed by atoms with E-state index in [1.54, 1.807) is 24.3 Å². The van der Waals surface area contributed by atoms with Crippen LogP contribution in [0.25, 0.3) is 0 Å². The van der Waals surface area contributed by atoms with Gasteiger partial charge in [-0.3, -0.25) is 4.90 Å². The Morgan fingerprint density at radius 2 is 1.78 bits per heavy atom. The van der Waals surface area contributed by atoms with Crippen LogP contribution in [-0.2, 0) is 11.3 Å². The Balaban J connectivity index is 1.56. The van der Waals surface area contributed by atoms with Gasteiger partial charge in [-0.1, -0.05) is 12.1 Å². The van der Waals surface area contributed by atoms with Crippen LogP contribution < -0.4 is 10.1 Å². The molecule has 5 nitrogen and oxygen atoms in total. The molecule has 1 aromatic carbocycles. The van der Waals surface area contributed by atoms with Gasteiger partial charge in [-0.15, -0.1) is 0 Å². The lowest BCUT2D eigenvalue weighted by Crippen LogP contribution is -2.38. The molecule has 0 saturated carbocycles. The van der Waals surface area contributed by atoms with E-state index in [0.29, 0.717) is 31.1 Å². The first-order valence-electron chi connectivity index (χ1n) is 8.50. The molecule has 2 heterocycles. The van der Waals surface area contributed by atoms with Gasteiger partial charge in [0, 0.05) is 26.2 Å². The summed E-state index contributed by atoms with van der Waals surface area (Å²) in [6.45, 7) is 4.36. The third-order valence-electron chi connectivity index (χ3n) is 4.15. The second-order valence-corrected chi connectivity index (χ2v) is 6.00. The SMILES string of the molecule is Fc1nc(F)c(F)c(NCc2cccc(OCCN3CCOCC3)c2)c1F. The van der Waals surface area contributed by atoms with Crippen molar-refractivity contribution in [2.45, 2.75) is 6.54 Å². The van der Waals surface area contributed by atoms with Crippen molar-refractivity contribution in [3.05, 3.63) is 53.4 Å². The molecular formula is C18H19F4N3O2. The third-order valence-corrected chi connectivity index (χ3v) is 4.15. The van der Waals surface area contributed by atoms with E-state index in [1.165, 1.54) is 0 Å². The van der Waals surface area contributed by atoms with E-state index in [1.807, 2.05) is 0 Å². The fourth-order valence-corrected chi connectivity index (χ4v) is 2.70. The number of aromatic nitrogens is 1. The summed E-state index contributed by atoms with van der Waals surface area (Å²) in [5, 5.41) is 2.37. The Kier molecular flexibility index (Phi) is 6.46. The molecule has 0 radical (unpaired) electrons. The number of rotatable bonds is 7. The number of anilines is 1. The maximum Gasteiger partial charge on any atom is 0.253 e. The number of hydrogen-bond donors (Lipinski definition) is 1. The molecule has 1 aromatic heterocycles. The summed E-state index contributed by atoms with van der Waals surface area (Å²) in [6, 6.07) is 6.87. The monoisotopic (exact) mass is 385 g/mol. The second-order valence-electron chi connectivity index (χ2n) is 6.00. The predicted molar refractivity (Wildman–Crippen MR) is 90.6 cm³/mol. The summed E-state index contributed by atoms with van der Waals surface area (Å²) in [7, 11) is 0. The van der Waals surface area contributed by atoms with Crippen molar-refractivity contribution in [3.63, 3.8) is 0 Å². The van der Waals surface area contributed by atoms with E-state index >= 15 is 0 Å². The van der Waals surface area contributed by atoms with Crippen molar-refractivity contribution in [3.8, 4) is 5.75 Å². The Bertz CT molecular complexity index is 759. The van der Waals surface area contributed by atoms with Gasteiger partial charge in [-0.2, -0.15) is 22.5 Å². The Hall–Kier alpha value is -2.39. The molecule has 1 fully saturated rings. The minimum absolute atomic E-state index is 0.0442. The van der Waals surface area contributed by atoms with Gasteiger partial charge in [0.15, 0.2) is 0 Å². The molecule has 1 N–H and O–H groups in total. The summed E-state index contributed by atoms with van der Waals surface area (Å²) in [5.41, 5.74) is -0.256. The average Bonchev–Trinajstić information content (AvgIpc) is 2.68. The standard InChI is InChI=1S/C18H19F4N3O2/c19-14-16(15(20)18(22)24-17(14)21)23-11-12-2-1-3-13(10-12)27-9-6-25-4-7-26-8-5-25/h1-3,10H,4-9,11H2,(H,23,24). The van der Waals surface area contributed by atoms with Crippen molar-refractivity contribution in [1.29, 1.82) is 0 Å². The Morgan fingerprint density at radius 1 is 1.07 bits per heavy atom. The topological polar surface area (TPSA) is 46.6 Å². The molecule has 146 valence electrons. The highest BCUT2D eigenvalue weighted by molar-refractivity contribution is 5.46. The van der Waals surface area contributed by atoms with Gasteiger partial charge in [0.1, 0.15) is 18.0 Å². The van der Waals surface area contributed by atoms with E-state index < -0.39 is 29.2 Å². The number of pyridine rings is 1. The number of halogens is 4. The molecule has 1 aliphatic rings. The van der Waals surface area contributed by atoms with Crippen LogP contribution in [-0.4, -0.2) is 49.3 Å². The van der Waals surface area contributed by atoms with Gasteiger partial charge in [0.2, 0.25) is 11.6 Å². The molecular weight excluding hydrogens is 366 g/mol. The molecule has 0 atom stereocenters. The van der Waals surface area contributed by atoms with Crippen LogP contribution in [0.3, 0.4) is 0 Å². The first kappa shape index (κ1) is 19.4. The maximum atomic E-state index is 13.6. The lowest BCUT2D eigenvalue weighted by atomic mass is 10.2. The number of morpholine rings is 1. The summed E-state index contributed by atoms with van der Waals surface area (Å²) in [4.78, 5) is 4.75. The lowest BCUT2D eigenvalue weighted by Gasteiger charge is -2.26. The van der Waals surface area contributed by atoms with Gasteiger partial charge in [0.05, 0.1) is 13.2 Å². The zero-order valence-electron chi connectivity index (χ0n) is 14.5. The molecule has 1 saturated heterocycles. The molecule has 0 spiro atoms. The number of hydrogen-bond acceptors (Lipinski definition) is 5. The van der Waals surface area contributed by atoms with Crippen LogP contribution in [0, 0.1) is 23.5 Å². The van der Waals surface area contributed by atoms with Crippen molar-refractivity contribution >= 4 is 5.69 Å². The van der Waals surface area contributed by atoms with Gasteiger partial charge in [-0.05, 0) is 17.7 Å². The number of nitrogens with zero attached hydrogens (tertiary/aromatic N) is 2. The van der Waals surface area contributed by atoms with Crippen LogP contribution in [0.4, 0.5) is 23.2 Å². The molecule has 9 heteroatoms. The first-order chi connectivity index (χ1) is 13.0. The van der Waals surface area contributed by atoms with Crippen LogP contribution in [0.2, 0.25) is 0 Å². The molecule has 1 aliphatic heterocycles. The zero-order valence-corrected chi connectivity index (χ0v) is 14.5. The molecule has 0 unspecified atom stereocenters. The molecule has 0 aliphatic carbocycles. The highest BCUT2D eigenvalue weighted by atomic mass is 19.2. The number of nitrogens with one attached hydrogen (secondary N) is 1. The average molecular weight is 385 g/mol. The number of ether oxygens (including phenoxy) is 2. The van der Waals surface area contributed by atoms with Gasteiger partial charge in [-0.25, -0.2) is 0 Å². The summed E-state index contributed by atoms with van der Waals surface area (Å²) in [6.07, 6.45) is 0. The third kappa shape index (κ3) is 5.08. The van der Waals surface area contributed by atoms with Gasteiger partial charge >= 0.3 is 0 Å². The Morgan fingerprint density at radius 3 is 2.48 bits per heavy atom. The van der Waals surface area contributed by atoms with E-state index in [-0.39, 0.29) is 6.54 Å². The van der Waals surface area contributed by atoms with E-state index in [2.05, 4.69) is 15.2 Å². The fourth-order valence-electron chi connectivity index (χ4n) is 2.70. The maximum absolute atomic E-state index is 13.6. The molecule has 0 bridgehead atoms. The fraction of sp³-hybridized carbons (Fsp3) is 0.389. The van der Waals surface area contributed by atoms with Crippen molar-refractivity contribution < 1.29 is 27.0 Å². The first-order valence-corrected chi connectivity index (χ1v) is 8.50. The minimum atomic E-state index is -1.70. The Labute approximate surface area is 153 Å². The predicted octanol–water partition coefficient (Wildman–Crippen LogP) is 2.96. The largest absolute Gasteiger partial charge is 0.492 e. The molecule has 0 amide bonds. The van der Waals surface area contributed by atoms with Crippen LogP contribution in [0.15, 0.2) is 24.3 Å². The quantitative estimate of drug-likeness (QED) is 0.587. The summed E-state index contributed by atoms with van der Waals surface area (Å²) >= 11 is 0. The van der Waals surface area contributed by atoms with E-state index in [9.17, 15) is 17.6 Å². The van der Waals surface area contributed by atoms with Crippen LogP contribution >= 0.6 is 0 Å². The van der Waals surface area contributed by atoms with Crippen LogP contribution in [0.1, 0.15) is 5.56 Å². The van der Waals surface area contributed by atoms with Gasteiger partial charge < -0.3 is 14.8 Å². The van der Waals surface area contributed by atoms with Crippen molar-refractivity contribution in [2.75, 3.05) is 44.8 Å². The molecule has 3 rings (SSSR count). The minimum Gasteiger partial charge on any atom is -0.492 e. The van der Waals surface area contributed by atoms with E-state index in [0.717, 1.165) is 19.6 Å². The molecule has 27 heavy (non-hydrogen) atoms. The normalized spacial score (nSPS) is 15.0. The van der Waals surface area contributed by atoms with Crippen molar-refractivity contribution in [1.82, 2.24) is 9.88 Å². The number of benzene rings is 1. The highest BCUT2D eigenvalue weighted by Crippen LogP contribution is 2.23. The summed E-state index contributed by atoms with van der Waals surface area (Å²) in [5.74, 6) is -5.93. The second kappa shape index (κ2) is 9.01. The van der Waals surface area contributed by atoms with Gasteiger partial charge in [0.25, 0.3) is 11.9 Å². The zero-order chi connectivity index (χ0) is 19.2. The highest BCUT2D eigenvalue weighted by Gasteiger charge is 2.20.